The Morgan fingerprint density at radius 3 is 2.55 bits per heavy atom. The highest BCUT2D eigenvalue weighted by Crippen LogP contribution is 2.30. The van der Waals surface area contributed by atoms with Crippen molar-refractivity contribution in [2.24, 2.45) is 0 Å². The molecular weight excluding hydrogens is 287 g/mol. The number of rotatable bonds is 2. The number of halogens is 3. The Labute approximate surface area is 119 Å². The third kappa shape index (κ3) is 2.90. The first-order chi connectivity index (χ1) is 9.32. The van der Waals surface area contributed by atoms with Crippen molar-refractivity contribution < 1.29 is 13.2 Å². The summed E-state index contributed by atoms with van der Waals surface area (Å²) in [5, 5.41) is 0. The quantitative estimate of drug-likeness (QED) is 0.841. The van der Waals surface area contributed by atoms with Crippen LogP contribution >= 0.6 is 12.6 Å². The van der Waals surface area contributed by atoms with Gasteiger partial charge in [0, 0.05) is 35.0 Å². The van der Waals surface area contributed by atoms with Gasteiger partial charge in [0.1, 0.15) is 0 Å². The maximum Gasteiger partial charge on any atom is 0.416 e. The summed E-state index contributed by atoms with van der Waals surface area (Å²) in [7, 11) is 0. The Morgan fingerprint density at radius 2 is 1.95 bits per heavy atom. The normalized spacial score (nSPS) is 11.7. The summed E-state index contributed by atoms with van der Waals surface area (Å²) in [6, 6.07) is 6.37. The predicted octanol–water partition coefficient (Wildman–Crippen LogP) is 3.59. The van der Waals surface area contributed by atoms with Crippen LogP contribution in [0.25, 0.3) is 5.69 Å². The van der Waals surface area contributed by atoms with Gasteiger partial charge < -0.3 is 4.57 Å². The molecule has 20 heavy (non-hydrogen) atoms. The van der Waals surface area contributed by atoms with Crippen molar-refractivity contribution in [3.8, 4) is 5.69 Å². The van der Waals surface area contributed by atoms with Crippen LogP contribution in [0.4, 0.5) is 13.2 Å². The Kier molecular flexibility index (Phi) is 3.94. The number of benzene rings is 1. The van der Waals surface area contributed by atoms with Gasteiger partial charge in [-0.3, -0.25) is 4.79 Å². The van der Waals surface area contributed by atoms with Crippen molar-refractivity contribution in [3.63, 3.8) is 0 Å². The maximum atomic E-state index is 12.7. The molecule has 1 aromatic heterocycles. The molecule has 1 aromatic carbocycles. The molecule has 0 bridgehead atoms. The van der Waals surface area contributed by atoms with Crippen LogP contribution in [-0.4, -0.2) is 4.57 Å². The number of alkyl halides is 3. The highest BCUT2D eigenvalue weighted by Gasteiger charge is 2.30. The highest BCUT2D eigenvalue weighted by atomic mass is 32.1. The van der Waals surface area contributed by atoms with Crippen LogP contribution < -0.4 is 5.43 Å². The maximum absolute atomic E-state index is 12.7. The van der Waals surface area contributed by atoms with Crippen LogP contribution in [-0.2, 0) is 11.9 Å². The molecule has 0 spiro atoms. The van der Waals surface area contributed by atoms with Gasteiger partial charge in [-0.2, -0.15) is 25.8 Å². The van der Waals surface area contributed by atoms with E-state index in [0.29, 0.717) is 16.9 Å². The summed E-state index contributed by atoms with van der Waals surface area (Å²) >= 11 is 4.05. The molecule has 0 saturated heterocycles. The van der Waals surface area contributed by atoms with Crippen molar-refractivity contribution in [1.29, 1.82) is 0 Å². The van der Waals surface area contributed by atoms with E-state index < -0.39 is 11.7 Å². The monoisotopic (exact) mass is 299 g/mol. The predicted molar refractivity (Wildman–Crippen MR) is 74.5 cm³/mol. The van der Waals surface area contributed by atoms with Crippen molar-refractivity contribution in [2.75, 3.05) is 0 Å². The second-order valence-corrected chi connectivity index (χ2v) is 4.70. The third-order valence-electron chi connectivity index (χ3n) is 2.94. The third-order valence-corrected chi connectivity index (χ3v) is 3.28. The SMILES string of the molecule is Cc1cc(=O)c(CS)cn1-c1cccc(C(F)(F)F)c1. The van der Waals surface area contributed by atoms with Crippen molar-refractivity contribution in [1.82, 2.24) is 4.57 Å². The molecule has 106 valence electrons. The fourth-order valence-electron chi connectivity index (χ4n) is 1.90. The van der Waals surface area contributed by atoms with Crippen LogP contribution in [0.3, 0.4) is 0 Å². The summed E-state index contributed by atoms with van der Waals surface area (Å²) in [5.41, 5.74) is 0.484. The lowest BCUT2D eigenvalue weighted by Crippen LogP contribution is -2.13. The van der Waals surface area contributed by atoms with Gasteiger partial charge in [-0.25, -0.2) is 0 Å². The Bertz CT molecular complexity index is 692. The van der Waals surface area contributed by atoms with E-state index in [4.69, 9.17) is 0 Å². The molecule has 1 heterocycles. The lowest BCUT2D eigenvalue weighted by Gasteiger charge is -2.14. The topological polar surface area (TPSA) is 22.0 Å². The zero-order valence-corrected chi connectivity index (χ0v) is 11.5. The number of nitrogens with zero attached hydrogens (tertiary/aromatic N) is 1. The largest absolute Gasteiger partial charge is 0.416 e. The number of pyridine rings is 1. The molecule has 0 aliphatic carbocycles. The number of hydrogen-bond acceptors (Lipinski definition) is 2. The Balaban J connectivity index is 2.60. The van der Waals surface area contributed by atoms with E-state index in [9.17, 15) is 18.0 Å². The molecule has 0 atom stereocenters. The molecule has 2 aromatic rings. The molecule has 0 radical (unpaired) electrons. The molecule has 6 heteroatoms. The van der Waals surface area contributed by atoms with E-state index >= 15 is 0 Å². The van der Waals surface area contributed by atoms with Gasteiger partial charge in [0.25, 0.3) is 0 Å². The fourth-order valence-corrected chi connectivity index (χ4v) is 2.14. The van der Waals surface area contributed by atoms with Gasteiger partial charge in [0.05, 0.1) is 5.56 Å². The zero-order valence-electron chi connectivity index (χ0n) is 10.6. The van der Waals surface area contributed by atoms with Gasteiger partial charge >= 0.3 is 6.18 Å². The summed E-state index contributed by atoms with van der Waals surface area (Å²) in [6.07, 6.45) is -2.87. The Morgan fingerprint density at radius 1 is 1.25 bits per heavy atom. The van der Waals surface area contributed by atoms with Crippen LogP contribution in [0, 0.1) is 6.92 Å². The first kappa shape index (κ1) is 14.7. The van der Waals surface area contributed by atoms with Gasteiger partial charge in [-0.05, 0) is 25.1 Å². The molecule has 0 amide bonds. The number of thiol groups is 1. The first-order valence-electron chi connectivity index (χ1n) is 5.83. The summed E-state index contributed by atoms with van der Waals surface area (Å²) < 4.78 is 39.7. The van der Waals surface area contributed by atoms with Gasteiger partial charge in [-0.1, -0.05) is 6.07 Å². The van der Waals surface area contributed by atoms with Crippen molar-refractivity contribution in [3.05, 3.63) is 63.6 Å². The van der Waals surface area contributed by atoms with Crippen LogP contribution in [0.1, 0.15) is 16.8 Å². The smallest absolute Gasteiger partial charge is 0.321 e. The number of hydrogen-bond donors (Lipinski definition) is 1. The molecular formula is C14H12F3NOS. The van der Waals surface area contributed by atoms with E-state index in [1.165, 1.54) is 18.3 Å². The minimum atomic E-state index is -4.39. The van der Waals surface area contributed by atoms with Crippen LogP contribution in [0.15, 0.2) is 41.3 Å². The van der Waals surface area contributed by atoms with Crippen LogP contribution in [0.5, 0.6) is 0 Å². The van der Waals surface area contributed by atoms with Crippen molar-refractivity contribution in [2.45, 2.75) is 18.9 Å². The van der Waals surface area contributed by atoms with Gasteiger partial charge in [-0.15, -0.1) is 0 Å². The summed E-state index contributed by atoms with van der Waals surface area (Å²) in [5.74, 6) is 0.234. The van der Waals surface area contributed by atoms with E-state index in [0.717, 1.165) is 12.1 Å². The van der Waals surface area contributed by atoms with E-state index in [-0.39, 0.29) is 11.2 Å². The molecule has 0 aliphatic heterocycles. The summed E-state index contributed by atoms with van der Waals surface area (Å²) in [6.45, 7) is 1.67. The lowest BCUT2D eigenvalue weighted by atomic mass is 10.1. The summed E-state index contributed by atoms with van der Waals surface area (Å²) in [4.78, 5) is 11.6. The van der Waals surface area contributed by atoms with Gasteiger partial charge in [0.15, 0.2) is 5.43 Å². The second kappa shape index (κ2) is 5.36. The second-order valence-electron chi connectivity index (χ2n) is 4.38. The first-order valence-corrected chi connectivity index (χ1v) is 6.47. The number of aryl methyl sites for hydroxylation is 1. The standard InChI is InChI=1S/C14H12F3NOS/c1-9-5-13(19)10(8-20)7-18(9)12-4-2-3-11(6-12)14(15,16)17/h2-7,20H,8H2,1H3. The molecule has 0 N–H and O–H groups in total. The van der Waals surface area contributed by atoms with Gasteiger partial charge in [0.2, 0.25) is 0 Å². The molecule has 0 aliphatic rings. The van der Waals surface area contributed by atoms with Crippen molar-refractivity contribution >= 4 is 12.6 Å². The van der Waals surface area contributed by atoms with E-state index in [1.54, 1.807) is 17.6 Å². The molecule has 2 rings (SSSR count). The average Bonchev–Trinajstić information content (AvgIpc) is 2.38. The van der Waals surface area contributed by atoms with E-state index in [1.807, 2.05) is 0 Å². The molecule has 2 nitrogen and oxygen atoms in total. The molecule has 0 saturated carbocycles. The minimum absolute atomic E-state index is 0.166. The minimum Gasteiger partial charge on any atom is -0.321 e. The highest BCUT2D eigenvalue weighted by molar-refractivity contribution is 7.79. The zero-order chi connectivity index (χ0) is 14.9. The van der Waals surface area contributed by atoms with E-state index in [2.05, 4.69) is 12.6 Å². The van der Waals surface area contributed by atoms with Crippen LogP contribution in [0.2, 0.25) is 0 Å². The number of aromatic nitrogens is 1. The average molecular weight is 299 g/mol. The Hall–Kier alpha value is -1.69. The fraction of sp³-hybridized carbons (Fsp3) is 0.214. The lowest BCUT2D eigenvalue weighted by molar-refractivity contribution is -0.137. The molecule has 0 fully saturated rings. The molecule has 0 unspecified atom stereocenters.